The highest BCUT2D eigenvalue weighted by Crippen LogP contribution is 2.33. The Morgan fingerprint density at radius 3 is 2.18 bits per heavy atom. The Kier molecular flexibility index (Phi) is 7.70. The molecule has 1 heterocycles. The van der Waals surface area contributed by atoms with E-state index >= 15 is 0 Å². The smallest absolute Gasteiger partial charge is 0.201 e. The third kappa shape index (κ3) is 5.18. The van der Waals surface area contributed by atoms with Crippen molar-refractivity contribution in [2.45, 2.75) is 26.1 Å². The van der Waals surface area contributed by atoms with Gasteiger partial charge in [-0.25, -0.2) is 8.78 Å². The van der Waals surface area contributed by atoms with Gasteiger partial charge in [-0.1, -0.05) is 42.5 Å². The number of hydrogen-bond acceptors (Lipinski definition) is 3. The van der Waals surface area contributed by atoms with Crippen LogP contribution in [0.3, 0.4) is 0 Å². The third-order valence-corrected chi connectivity index (χ3v) is 5.86. The summed E-state index contributed by atoms with van der Waals surface area (Å²) in [7, 11) is 0. The van der Waals surface area contributed by atoms with E-state index in [2.05, 4.69) is 6.58 Å². The summed E-state index contributed by atoms with van der Waals surface area (Å²) in [5.41, 5.74) is 2.23. The van der Waals surface area contributed by atoms with Crippen molar-refractivity contribution in [2.24, 2.45) is 5.92 Å². The van der Waals surface area contributed by atoms with Crippen LogP contribution in [0.4, 0.5) is 13.2 Å². The molecule has 3 aromatic rings. The fourth-order valence-corrected chi connectivity index (χ4v) is 4.02. The quantitative estimate of drug-likeness (QED) is 0.321. The molecule has 1 aliphatic heterocycles. The molecule has 4 rings (SSSR count). The molecule has 0 N–H and O–H groups in total. The molecule has 178 valence electrons. The molecule has 0 radical (unpaired) electrons. The molecule has 0 amide bonds. The molecule has 0 aliphatic carbocycles. The first-order chi connectivity index (χ1) is 16.5. The van der Waals surface area contributed by atoms with Gasteiger partial charge in [-0.3, -0.25) is 0 Å². The predicted molar refractivity (Wildman–Crippen MR) is 126 cm³/mol. The Bertz CT molecular complexity index is 1140. The summed E-state index contributed by atoms with van der Waals surface area (Å²) in [5, 5.41) is 0. The maximum atomic E-state index is 14.9. The molecule has 1 fully saturated rings. The number of allylic oxidation sites excluding steroid dienone is 1. The Hall–Kier alpha value is -3.09. The van der Waals surface area contributed by atoms with Crippen molar-refractivity contribution >= 4 is 0 Å². The van der Waals surface area contributed by atoms with Crippen molar-refractivity contribution in [3.63, 3.8) is 0 Å². The lowest BCUT2D eigenvalue weighted by Gasteiger charge is -2.29. The van der Waals surface area contributed by atoms with Gasteiger partial charge in [-0.2, -0.15) is 4.39 Å². The summed E-state index contributed by atoms with van der Waals surface area (Å²) in [6.45, 7) is 6.79. The van der Waals surface area contributed by atoms with Crippen LogP contribution in [0.2, 0.25) is 0 Å². The van der Waals surface area contributed by atoms with E-state index in [0.29, 0.717) is 41.4 Å². The summed E-state index contributed by atoms with van der Waals surface area (Å²) in [6, 6.07) is 14.4. The Labute approximate surface area is 197 Å². The highest BCUT2D eigenvalue weighted by molar-refractivity contribution is 5.71. The summed E-state index contributed by atoms with van der Waals surface area (Å²) >= 11 is 0. The van der Waals surface area contributed by atoms with Crippen LogP contribution < -0.4 is 4.74 Å². The zero-order valence-corrected chi connectivity index (χ0v) is 19.0. The second-order valence-corrected chi connectivity index (χ2v) is 8.22. The summed E-state index contributed by atoms with van der Waals surface area (Å²) in [4.78, 5) is 0. The van der Waals surface area contributed by atoms with Gasteiger partial charge in [0.1, 0.15) is 5.82 Å². The second-order valence-electron chi connectivity index (χ2n) is 8.22. The van der Waals surface area contributed by atoms with Crippen molar-refractivity contribution in [1.82, 2.24) is 0 Å². The minimum atomic E-state index is -1.02. The van der Waals surface area contributed by atoms with Crippen molar-refractivity contribution in [2.75, 3.05) is 19.8 Å². The molecule has 34 heavy (non-hydrogen) atoms. The first kappa shape index (κ1) is 24.0. The van der Waals surface area contributed by atoms with Gasteiger partial charge < -0.3 is 14.2 Å². The first-order valence-corrected chi connectivity index (χ1v) is 11.4. The van der Waals surface area contributed by atoms with E-state index in [-0.39, 0.29) is 17.9 Å². The molecule has 6 heteroatoms. The van der Waals surface area contributed by atoms with Crippen LogP contribution in [0.1, 0.15) is 31.6 Å². The number of halogens is 3. The van der Waals surface area contributed by atoms with Crippen LogP contribution in [0.25, 0.3) is 22.3 Å². The first-order valence-electron chi connectivity index (χ1n) is 11.4. The molecule has 0 saturated carbocycles. The standard InChI is InChI=1S/C28H27F3O3/c1-3-5-6-18-16-33-28(34-17-18)21-11-12-22(24(29)15-21)19-7-9-20(10-8-19)23-13-14-25(32-4-2)27(31)26(23)30/h3,7-15,18,28H,1,4-6,16-17H2,2H3. The minimum Gasteiger partial charge on any atom is -0.491 e. The molecular formula is C28H27F3O3. The topological polar surface area (TPSA) is 27.7 Å². The molecule has 3 aromatic carbocycles. The zero-order valence-electron chi connectivity index (χ0n) is 19.0. The maximum Gasteiger partial charge on any atom is 0.201 e. The average molecular weight is 469 g/mol. The van der Waals surface area contributed by atoms with Crippen molar-refractivity contribution in [3.05, 3.63) is 90.3 Å². The van der Waals surface area contributed by atoms with Gasteiger partial charge in [0.15, 0.2) is 17.9 Å². The predicted octanol–water partition coefficient (Wildman–Crippen LogP) is 7.46. The minimum absolute atomic E-state index is 0.112. The van der Waals surface area contributed by atoms with E-state index in [1.54, 1.807) is 43.3 Å². The van der Waals surface area contributed by atoms with E-state index in [0.717, 1.165) is 12.8 Å². The van der Waals surface area contributed by atoms with E-state index < -0.39 is 23.7 Å². The highest BCUT2D eigenvalue weighted by Gasteiger charge is 2.24. The van der Waals surface area contributed by atoms with Crippen molar-refractivity contribution in [1.29, 1.82) is 0 Å². The largest absolute Gasteiger partial charge is 0.491 e. The van der Waals surface area contributed by atoms with Gasteiger partial charge >= 0.3 is 0 Å². The summed E-state index contributed by atoms with van der Waals surface area (Å²) in [6.07, 6.45) is 3.14. The van der Waals surface area contributed by atoms with Gasteiger partial charge in [0, 0.05) is 22.6 Å². The van der Waals surface area contributed by atoms with Gasteiger partial charge in [-0.15, -0.1) is 6.58 Å². The second kappa shape index (κ2) is 10.9. The average Bonchev–Trinajstić information content (AvgIpc) is 2.86. The van der Waals surface area contributed by atoms with E-state index in [1.807, 2.05) is 6.08 Å². The number of ether oxygens (including phenoxy) is 3. The van der Waals surface area contributed by atoms with Crippen molar-refractivity contribution in [3.8, 4) is 28.0 Å². The highest BCUT2D eigenvalue weighted by atomic mass is 19.2. The molecule has 0 unspecified atom stereocenters. The van der Waals surface area contributed by atoms with Gasteiger partial charge in [0.05, 0.1) is 19.8 Å². The van der Waals surface area contributed by atoms with Gasteiger partial charge in [0.2, 0.25) is 5.82 Å². The lowest BCUT2D eigenvalue weighted by atomic mass is 9.98. The van der Waals surface area contributed by atoms with Gasteiger partial charge in [0.25, 0.3) is 0 Å². The van der Waals surface area contributed by atoms with Crippen LogP contribution in [0.15, 0.2) is 67.3 Å². The number of rotatable bonds is 8. The molecule has 3 nitrogen and oxygen atoms in total. The van der Waals surface area contributed by atoms with E-state index in [4.69, 9.17) is 14.2 Å². The lowest BCUT2D eigenvalue weighted by molar-refractivity contribution is -0.205. The normalized spacial score (nSPS) is 18.0. The van der Waals surface area contributed by atoms with Crippen LogP contribution in [-0.4, -0.2) is 19.8 Å². The molecule has 0 atom stereocenters. The Balaban J connectivity index is 1.48. The monoisotopic (exact) mass is 468 g/mol. The van der Waals surface area contributed by atoms with Crippen molar-refractivity contribution < 1.29 is 27.4 Å². The van der Waals surface area contributed by atoms with Gasteiger partial charge in [-0.05, 0) is 49.1 Å². The molecule has 0 bridgehead atoms. The molecular weight excluding hydrogens is 441 g/mol. The lowest BCUT2D eigenvalue weighted by Crippen LogP contribution is -2.27. The molecule has 0 spiro atoms. The van der Waals surface area contributed by atoms with E-state index in [9.17, 15) is 13.2 Å². The maximum absolute atomic E-state index is 14.9. The zero-order chi connectivity index (χ0) is 24.1. The molecule has 0 aromatic heterocycles. The van der Waals surface area contributed by atoms with Crippen LogP contribution >= 0.6 is 0 Å². The van der Waals surface area contributed by atoms with Crippen LogP contribution in [0, 0.1) is 23.4 Å². The van der Waals surface area contributed by atoms with Crippen LogP contribution in [0.5, 0.6) is 5.75 Å². The molecule has 1 aliphatic rings. The van der Waals surface area contributed by atoms with E-state index in [1.165, 1.54) is 18.2 Å². The fourth-order valence-electron chi connectivity index (χ4n) is 4.02. The fraction of sp³-hybridized carbons (Fsp3) is 0.286. The summed E-state index contributed by atoms with van der Waals surface area (Å²) in [5.74, 6) is -2.23. The third-order valence-electron chi connectivity index (χ3n) is 5.86. The summed E-state index contributed by atoms with van der Waals surface area (Å²) < 4.78 is 60.4. The molecule has 1 saturated heterocycles. The number of benzene rings is 3. The number of hydrogen-bond donors (Lipinski definition) is 0. The SMILES string of the molecule is C=CCCC1COC(c2ccc(-c3ccc(-c4ccc(OCC)c(F)c4F)cc3)c(F)c2)OC1. The van der Waals surface area contributed by atoms with Crippen LogP contribution in [-0.2, 0) is 9.47 Å². The Morgan fingerprint density at radius 1 is 0.912 bits per heavy atom. The Morgan fingerprint density at radius 2 is 1.56 bits per heavy atom.